The smallest absolute Gasteiger partial charge is 0.229 e. The number of aromatic nitrogens is 4. The predicted molar refractivity (Wildman–Crippen MR) is 104 cm³/mol. The van der Waals surface area contributed by atoms with E-state index in [2.05, 4.69) is 15.1 Å². The third kappa shape index (κ3) is 3.51. The number of thioether (sulfide) groups is 1. The molecule has 126 valence electrons. The molecule has 0 aliphatic rings. The molecule has 4 rings (SSSR count). The Morgan fingerprint density at radius 1 is 1.04 bits per heavy atom. The fourth-order valence-electron chi connectivity index (χ4n) is 2.40. The molecule has 0 saturated heterocycles. The molecular weight excluding hydrogens is 399 g/mol. The van der Waals surface area contributed by atoms with Gasteiger partial charge in [-0.25, -0.2) is 9.67 Å². The van der Waals surface area contributed by atoms with Crippen molar-refractivity contribution in [1.82, 2.24) is 19.7 Å². The molecule has 2 aromatic carbocycles. The van der Waals surface area contributed by atoms with Crippen molar-refractivity contribution in [3.63, 3.8) is 0 Å². The minimum absolute atomic E-state index is 0.553. The van der Waals surface area contributed by atoms with Gasteiger partial charge in [-0.05, 0) is 35.9 Å². The monoisotopic (exact) mass is 408 g/mol. The van der Waals surface area contributed by atoms with E-state index in [1.54, 1.807) is 28.7 Å². The van der Waals surface area contributed by atoms with Crippen molar-refractivity contribution in [2.45, 2.75) is 10.6 Å². The van der Waals surface area contributed by atoms with Crippen LogP contribution >= 0.6 is 46.6 Å². The van der Waals surface area contributed by atoms with Crippen molar-refractivity contribution >= 4 is 57.6 Å². The number of hydrogen-bond acceptors (Lipinski definition) is 3. The molecule has 0 radical (unpaired) electrons. The molecule has 2 aromatic heterocycles. The second-order valence-electron chi connectivity index (χ2n) is 5.35. The Morgan fingerprint density at radius 2 is 1.92 bits per heavy atom. The highest BCUT2D eigenvalue weighted by molar-refractivity contribution is 7.98. The number of nitrogens with zero attached hydrogens (tertiary/aromatic N) is 3. The van der Waals surface area contributed by atoms with Gasteiger partial charge in [-0.1, -0.05) is 40.9 Å². The number of rotatable bonds is 4. The van der Waals surface area contributed by atoms with Crippen LogP contribution in [0.25, 0.3) is 17.0 Å². The van der Waals surface area contributed by atoms with Crippen LogP contribution in [0.3, 0.4) is 0 Å². The molecule has 0 fully saturated rings. The van der Waals surface area contributed by atoms with E-state index in [9.17, 15) is 0 Å². The Hall–Kier alpha value is -1.66. The Bertz CT molecular complexity index is 1040. The van der Waals surface area contributed by atoms with Crippen molar-refractivity contribution in [2.24, 2.45) is 0 Å². The van der Waals surface area contributed by atoms with Crippen LogP contribution in [0, 0.1) is 0 Å². The average Bonchev–Trinajstić information content (AvgIpc) is 3.24. The van der Waals surface area contributed by atoms with Gasteiger partial charge in [0.05, 0.1) is 26.1 Å². The van der Waals surface area contributed by atoms with E-state index in [0.717, 1.165) is 27.2 Å². The van der Waals surface area contributed by atoms with Gasteiger partial charge < -0.3 is 4.98 Å². The van der Waals surface area contributed by atoms with E-state index in [-0.39, 0.29) is 0 Å². The van der Waals surface area contributed by atoms with Gasteiger partial charge in [0.2, 0.25) is 5.95 Å². The first kappa shape index (κ1) is 16.8. The maximum atomic E-state index is 6.42. The van der Waals surface area contributed by atoms with Gasteiger partial charge in [-0.3, -0.25) is 0 Å². The zero-order valence-corrected chi connectivity index (χ0v) is 15.8. The number of hydrogen-bond donors (Lipinski definition) is 1. The molecule has 1 N–H and O–H groups in total. The SMILES string of the molecule is Clc1ccc(CSc2cc3nc(-n4cccn4)[nH]c3cc2Cl)cc1Cl. The van der Waals surface area contributed by atoms with E-state index in [4.69, 9.17) is 34.8 Å². The Kier molecular flexibility index (Phi) is 4.65. The van der Waals surface area contributed by atoms with Crippen LogP contribution in [-0.2, 0) is 5.75 Å². The zero-order chi connectivity index (χ0) is 17.4. The number of fused-ring (bicyclic) bond motifs is 1. The number of aromatic amines is 1. The van der Waals surface area contributed by atoms with Gasteiger partial charge >= 0.3 is 0 Å². The highest BCUT2D eigenvalue weighted by atomic mass is 35.5. The van der Waals surface area contributed by atoms with Gasteiger partial charge in [-0.2, -0.15) is 5.10 Å². The molecular formula is C17H11Cl3N4S. The van der Waals surface area contributed by atoms with Crippen LogP contribution in [0.5, 0.6) is 0 Å². The number of halogens is 3. The maximum Gasteiger partial charge on any atom is 0.229 e. The molecule has 0 aliphatic carbocycles. The van der Waals surface area contributed by atoms with Gasteiger partial charge in [0.25, 0.3) is 0 Å². The number of nitrogens with one attached hydrogen (secondary N) is 1. The minimum atomic E-state index is 0.553. The van der Waals surface area contributed by atoms with Gasteiger partial charge in [0, 0.05) is 23.0 Å². The Balaban J connectivity index is 1.60. The summed E-state index contributed by atoms with van der Waals surface area (Å²) >= 11 is 20.1. The van der Waals surface area contributed by atoms with Gasteiger partial charge in [-0.15, -0.1) is 11.8 Å². The molecule has 0 amide bonds. The van der Waals surface area contributed by atoms with Crippen molar-refractivity contribution in [3.8, 4) is 5.95 Å². The molecule has 0 bridgehead atoms. The van der Waals surface area contributed by atoms with E-state index < -0.39 is 0 Å². The molecule has 8 heteroatoms. The lowest BCUT2D eigenvalue weighted by Gasteiger charge is -2.05. The molecule has 4 nitrogen and oxygen atoms in total. The summed E-state index contributed by atoms with van der Waals surface area (Å²) in [6.45, 7) is 0. The van der Waals surface area contributed by atoms with Crippen molar-refractivity contribution in [3.05, 3.63) is 69.4 Å². The Labute approximate surface area is 163 Å². The van der Waals surface area contributed by atoms with Crippen LogP contribution in [0.15, 0.2) is 53.7 Å². The first-order valence-corrected chi connectivity index (χ1v) is 9.48. The van der Waals surface area contributed by atoms with Crippen molar-refractivity contribution < 1.29 is 0 Å². The summed E-state index contributed by atoms with van der Waals surface area (Å²) in [6.07, 6.45) is 3.54. The van der Waals surface area contributed by atoms with E-state index >= 15 is 0 Å². The second-order valence-corrected chi connectivity index (χ2v) is 7.59. The minimum Gasteiger partial charge on any atom is -0.322 e. The summed E-state index contributed by atoms with van der Waals surface area (Å²) in [5.74, 6) is 1.39. The maximum absolute atomic E-state index is 6.42. The van der Waals surface area contributed by atoms with Crippen LogP contribution in [0.2, 0.25) is 15.1 Å². The summed E-state index contributed by atoms with van der Waals surface area (Å²) in [6, 6.07) is 11.3. The first-order valence-electron chi connectivity index (χ1n) is 7.36. The lowest BCUT2D eigenvalue weighted by Crippen LogP contribution is -1.95. The molecule has 0 spiro atoms. The molecule has 0 unspecified atom stereocenters. The lowest BCUT2D eigenvalue weighted by molar-refractivity contribution is 0.829. The third-order valence-corrected chi connectivity index (χ3v) is 5.91. The van der Waals surface area contributed by atoms with Gasteiger partial charge in [0.1, 0.15) is 0 Å². The van der Waals surface area contributed by atoms with E-state index in [1.165, 1.54) is 0 Å². The van der Waals surface area contributed by atoms with Crippen molar-refractivity contribution in [1.29, 1.82) is 0 Å². The van der Waals surface area contributed by atoms with Gasteiger partial charge in [0.15, 0.2) is 0 Å². The summed E-state index contributed by atoms with van der Waals surface area (Å²) in [7, 11) is 0. The summed E-state index contributed by atoms with van der Waals surface area (Å²) in [5, 5.41) is 5.96. The zero-order valence-electron chi connectivity index (χ0n) is 12.7. The number of benzene rings is 2. The van der Waals surface area contributed by atoms with Crippen molar-refractivity contribution in [2.75, 3.05) is 0 Å². The lowest BCUT2D eigenvalue weighted by atomic mass is 10.2. The molecule has 0 saturated carbocycles. The highest BCUT2D eigenvalue weighted by Crippen LogP contribution is 2.34. The quantitative estimate of drug-likeness (QED) is 0.420. The molecule has 4 aromatic rings. The summed E-state index contributed by atoms with van der Waals surface area (Å²) in [5.41, 5.74) is 2.79. The van der Waals surface area contributed by atoms with Crippen LogP contribution in [-0.4, -0.2) is 19.7 Å². The molecule has 25 heavy (non-hydrogen) atoms. The fourth-order valence-corrected chi connectivity index (χ4v) is 3.94. The third-order valence-electron chi connectivity index (χ3n) is 3.62. The van der Waals surface area contributed by atoms with Crippen LogP contribution in [0.1, 0.15) is 5.56 Å². The summed E-state index contributed by atoms with van der Waals surface area (Å²) < 4.78 is 1.68. The predicted octanol–water partition coefficient (Wildman–Crippen LogP) is 6.00. The first-order chi connectivity index (χ1) is 12.1. The number of H-pyrrole nitrogens is 1. The number of imidazole rings is 1. The van der Waals surface area contributed by atoms with Crippen LogP contribution < -0.4 is 0 Å². The second kappa shape index (κ2) is 6.92. The molecule has 0 aliphatic heterocycles. The average molecular weight is 410 g/mol. The van der Waals surface area contributed by atoms with E-state index in [0.29, 0.717) is 21.0 Å². The highest BCUT2D eigenvalue weighted by Gasteiger charge is 2.10. The van der Waals surface area contributed by atoms with Crippen LogP contribution in [0.4, 0.5) is 0 Å². The van der Waals surface area contributed by atoms with E-state index in [1.807, 2.05) is 36.5 Å². The molecule has 2 heterocycles. The Morgan fingerprint density at radius 3 is 2.68 bits per heavy atom. The summed E-state index contributed by atoms with van der Waals surface area (Å²) in [4.78, 5) is 8.75. The normalized spacial score (nSPS) is 11.3. The molecule has 0 atom stereocenters. The standard InChI is InChI=1S/C17H11Cl3N4S/c18-11-3-2-10(6-12(11)19)9-25-16-8-15-14(7-13(16)20)22-17(23-15)24-5-1-4-21-24/h1-8H,9H2,(H,22,23). The fraction of sp³-hybridized carbons (Fsp3) is 0.0588. The largest absolute Gasteiger partial charge is 0.322 e. The topological polar surface area (TPSA) is 46.5 Å².